The lowest BCUT2D eigenvalue weighted by molar-refractivity contribution is -0.181. The molecule has 0 heterocycles. The van der Waals surface area contributed by atoms with E-state index in [0.717, 1.165) is 19.3 Å². The number of ketones is 1. The highest BCUT2D eigenvalue weighted by Gasteiger charge is 2.62. The number of carboxylic acids is 2. The number of unbranched alkanes of at least 4 members (excludes halogenated alkanes) is 3. The van der Waals surface area contributed by atoms with E-state index in [4.69, 9.17) is 0 Å². The molecule has 0 aromatic rings. The van der Waals surface area contributed by atoms with Crippen molar-refractivity contribution in [2.75, 3.05) is 0 Å². The van der Waals surface area contributed by atoms with Gasteiger partial charge in [-0.05, 0) is 26.2 Å². The summed E-state index contributed by atoms with van der Waals surface area (Å²) in [5.41, 5.74) is -3.36. The summed E-state index contributed by atoms with van der Waals surface area (Å²) in [4.78, 5) is 36.8. The van der Waals surface area contributed by atoms with Gasteiger partial charge in [0.15, 0.2) is 0 Å². The largest absolute Gasteiger partial charge is 0.481 e. The molecule has 2 N–H and O–H groups in total. The van der Waals surface area contributed by atoms with Gasteiger partial charge in [-0.1, -0.05) is 59.3 Å². The second-order valence-corrected chi connectivity index (χ2v) is 6.46. The summed E-state index contributed by atoms with van der Waals surface area (Å²) in [5, 5.41) is 19.9. The number of carbonyl (C=O) groups excluding carboxylic acids is 1. The van der Waals surface area contributed by atoms with Crippen LogP contribution in [0.2, 0.25) is 0 Å². The Kier molecular flexibility index (Phi) is 9.10. The van der Waals surface area contributed by atoms with Crippen LogP contribution in [0, 0.1) is 10.8 Å². The third-order valence-electron chi connectivity index (χ3n) is 5.01. The van der Waals surface area contributed by atoms with Crippen molar-refractivity contribution in [3.63, 3.8) is 0 Å². The number of carbonyl (C=O) groups is 3. The van der Waals surface area contributed by atoms with Crippen molar-refractivity contribution in [2.45, 2.75) is 85.5 Å². The number of carboxylic acid groups (broad SMARTS) is 2. The van der Waals surface area contributed by atoms with Crippen molar-refractivity contribution in [1.82, 2.24) is 0 Å². The number of rotatable bonds is 13. The maximum absolute atomic E-state index is 12.4. The van der Waals surface area contributed by atoms with Crippen LogP contribution in [0.15, 0.2) is 0 Å². The molecule has 0 saturated carbocycles. The number of aliphatic carboxylic acids is 2. The van der Waals surface area contributed by atoms with Gasteiger partial charge in [-0.25, -0.2) is 0 Å². The second-order valence-electron chi connectivity index (χ2n) is 6.46. The highest BCUT2D eigenvalue weighted by Crippen LogP contribution is 2.51. The summed E-state index contributed by atoms with van der Waals surface area (Å²) in [6.07, 6.45) is 4.54. The first-order chi connectivity index (χ1) is 10.8. The Balaban J connectivity index is 6.28. The molecule has 23 heavy (non-hydrogen) atoms. The average molecular weight is 328 g/mol. The summed E-state index contributed by atoms with van der Waals surface area (Å²) in [6.45, 7) is 7.02. The molecule has 134 valence electrons. The van der Waals surface area contributed by atoms with E-state index in [1.54, 1.807) is 0 Å². The molecule has 0 rings (SSSR count). The summed E-state index contributed by atoms with van der Waals surface area (Å²) >= 11 is 0. The maximum Gasteiger partial charge on any atom is 0.318 e. The first-order valence-electron chi connectivity index (χ1n) is 8.74. The fourth-order valence-corrected chi connectivity index (χ4v) is 3.56. The van der Waals surface area contributed by atoms with E-state index in [2.05, 4.69) is 0 Å². The van der Waals surface area contributed by atoms with Crippen LogP contribution in [0.25, 0.3) is 0 Å². The van der Waals surface area contributed by atoms with Crippen molar-refractivity contribution in [2.24, 2.45) is 10.8 Å². The molecule has 1 unspecified atom stereocenters. The van der Waals surface area contributed by atoms with Gasteiger partial charge in [-0.2, -0.15) is 0 Å². The molecule has 0 aliphatic rings. The summed E-state index contributed by atoms with van der Waals surface area (Å²) in [5.74, 6) is -2.96. The van der Waals surface area contributed by atoms with Crippen molar-refractivity contribution >= 4 is 17.7 Å². The van der Waals surface area contributed by atoms with Gasteiger partial charge in [0.2, 0.25) is 0 Å². The van der Waals surface area contributed by atoms with Crippen LogP contribution in [0.3, 0.4) is 0 Å². The Hall–Kier alpha value is -1.39. The van der Waals surface area contributed by atoms with Gasteiger partial charge in [0.05, 0.1) is 5.41 Å². The van der Waals surface area contributed by atoms with Gasteiger partial charge >= 0.3 is 11.9 Å². The summed E-state index contributed by atoms with van der Waals surface area (Å²) < 4.78 is 0. The molecule has 0 amide bonds. The monoisotopic (exact) mass is 328 g/mol. The molecule has 0 saturated heterocycles. The minimum atomic E-state index is -1.83. The van der Waals surface area contributed by atoms with Crippen molar-refractivity contribution in [1.29, 1.82) is 0 Å². The Morgan fingerprint density at radius 1 is 0.739 bits per heavy atom. The molecular weight excluding hydrogens is 296 g/mol. The van der Waals surface area contributed by atoms with E-state index in [1.807, 2.05) is 20.8 Å². The maximum atomic E-state index is 12.4. The van der Waals surface area contributed by atoms with E-state index < -0.39 is 28.6 Å². The van der Waals surface area contributed by atoms with Crippen LogP contribution >= 0.6 is 0 Å². The van der Waals surface area contributed by atoms with Gasteiger partial charge in [-0.3, -0.25) is 14.4 Å². The zero-order valence-corrected chi connectivity index (χ0v) is 15.0. The van der Waals surface area contributed by atoms with Gasteiger partial charge in [0.25, 0.3) is 0 Å². The van der Waals surface area contributed by atoms with Gasteiger partial charge in [0, 0.05) is 0 Å². The van der Waals surface area contributed by atoms with E-state index >= 15 is 0 Å². The average Bonchev–Trinajstić information content (AvgIpc) is 2.48. The standard InChI is InChI=1S/C18H32O5/c1-5-8-11-17(15(20)21,12-9-6-2)18(14(4)19,16(22)23)13-10-7-3/h5-13H2,1-4H3,(H,20,21)(H,22,23). The van der Waals surface area contributed by atoms with Gasteiger partial charge < -0.3 is 10.2 Å². The van der Waals surface area contributed by atoms with E-state index in [-0.39, 0.29) is 19.3 Å². The second kappa shape index (κ2) is 9.68. The number of Topliss-reactive ketones (excluding diaryl/α,β-unsaturated/α-hetero) is 1. The lowest BCUT2D eigenvalue weighted by Crippen LogP contribution is -2.56. The van der Waals surface area contributed by atoms with E-state index in [9.17, 15) is 24.6 Å². The van der Waals surface area contributed by atoms with Crippen molar-refractivity contribution < 1.29 is 24.6 Å². The molecule has 0 aliphatic carbocycles. The third kappa shape index (κ3) is 4.33. The zero-order valence-electron chi connectivity index (χ0n) is 15.0. The first-order valence-corrected chi connectivity index (χ1v) is 8.74. The van der Waals surface area contributed by atoms with E-state index in [0.29, 0.717) is 19.3 Å². The molecule has 0 aliphatic heterocycles. The SMILES string of the molecule is CCCCC(CCCC)(C(=O)O)C(CCCC)(C(C)=O)C(=O)O. The van der Waals surface area contributed by atoms with Crippen LogP contribution in [0.4, 0.5) is 0 Å². The molecule has 1 atom stereocenters. The summed E-state index contributed by atoms with van der Waals surface area (Å²) in [6, 6.07) is 0. The highest BCUT2D eigenvalue weighted by molar-refractivity contribution is 6.06. The zero-order chi connectivity index (χ0) is 18.1. The minimum Gasteiger partial charge on any atom is -0.481 e. The molecule has 0 spiro atoms. The van der Waals surface area contributed by atoms with Crippen molar-refractivity contribution in [3.05, 3.63) is 0 Å². The molecular formula is C18H32O5. The molecule has 0 radical (unpaired) electrons. The van der Waals surface area contributed by atoms with E-state index in [1.165, 1.54) is 6.92 Å². The minimum absolute atomic E-state index is 0.0912. The van der Waals surface area contributed by atoms with Crippen LogP contribution in [-0.2, 0) is 14.4 Å². The van der Waals surface area contributed by atoms with Crippen LogP contribution < -0.4 is 0 Å². The smallest absolute Gasteiger partial charge is 0.318 e. The molecule has 0 fully saturated rings. The predicted octanol–water partition coefficient (Wildman–Crippen LogP) is 4.29. The fraction of sp³-hybridized carbons (Fsp3) is 0.833. The Morgan fingerprint density at radius 3 is 1.39 bits per heavy atom. The molecule has 5 nitrogen and oxygen atoms in total. The van der Waals surface area contributed by atoms with Crippen LogP contribution in [-0.4, -0.2) is 27.9 Å². The highest BCUT2D eigenvalue weighted by atomic mass is 16.4. The molecule has 5 heteroatoms. The van der Waals surface area contributed by atoms with Gasteiger partial charge in [0.1, 0.15) is 11.2 Å². The topological polar surface area (TPSA) is 91.7 Å². The summed E-state index contributed by atoms with van der Waals surface area (Å²) in [7, 11) is 0. The first kappa shape index (κ1) is 21.6. The Morgan fingerprint density at radius 2 is 1.13 bits per heavy atom. The Labute approximate surface area is 139 Å². The van der Waals surface area contributed by atoms with Crippen LogP contribution in [0.1, 0.15) is 85.5 Å². The normalized spacial score (nSPS) is 14.3. The quantitative estimate of drug-likeness (QED) is 0.492. The lowest BCUT2D eigenvalue weighted by Gasteiger charge is -2.44. The molecule has 0 aromatic carbocycles. The number of hydrogen-bond donors (Lipinski definition) is 2. The van der Waals surface area contributed by atoms with Crippen molar-refractivity contribution in [3.8, 4) is 0 Å². The molecule has 0 aromatic heterocycles. The number of hydrogen-bond acceptors (Lipinski definition) is 3. The lowest BCUT2D eigenvalue weighted by atomic mass is 9.55. The molecule has 0 bridgehead atoms. The van der Waals surface area contributed by atoms with Gasteiger partial charge in [-0.15, -0.1) is 0 Å². The third-order valence-corrected chi connectivity index (χ3v) is 5.01. The predicted molar refractivity (Wildman–Crippen MR) is 89.4 cm³/mol. The Bertz CT molecular complexity index is 392. The fourth-order valence-electron chi connectivity index (χ4n) is 3.56. The van der Waals surface area contributed by atoms with Crippen LogP contribution in [0.5, 0.6) is 0 Å².